The van der Waals surface area contributed by atoms with Crippen LogP contribution in [0.3, 0.4) is 0 Å². The van der Waals surface area contributed by atoms with Gasteiger partial charge in [-0.25, -0.2) is 4.79 Å². The predicted octanol–water partition coefficient (Wildman–Crippen LogP) is 4.04. The van der Waals surface area contributed by atoms with Crippen molar-refractivity contribution in [2.24, 2.45) is 0 Å². The van der Waals surface area contributed by atoms with E-state index in [1.54, 1.807) is 19.3 Å². The van der Waals surface area contributed by atoms with Crippen molar-refractivity contribution >= 4 is 5.97 Å². The van der Waals surface area contributed by atoms with Crippen molar-refractivity contribution < 1.29 is 14.3 Å². The van der Waals surface area contributed by atoms with Crippen molar-refractivity contribution in [3.05, 3.63) is 42.2 Å². The van der Waals surface area contributed by atoms with Gasteiger partial charge in [-0.1, -0.05) is 25.5 Å². The summed E-state index contributed by atoms with van der Waals surface area (Å²) in [7, 11) is 0. The monoisotopic (exact) mass is 287 g/mol. The molecule has 0 aliphatic heterocycles. The molecular weight excluding hydrogens is 266 g/mol. The van der Waals surface area contributed by atoms with Gasteiger partial charge in [0.05, 0.1) is 18.8 Å². The van der Waals surface area contributed by atoms with Gasteiger partial charge < -0.3 is 14.5 Å². The molecule has 4 nitrogen and oxygen atoms in total. The zero-order valence-corrected chi connectivity index (χ0v) is 12.5. The number of esters is 1. The highest BCUT2D eigenvalue weighted by molar-refractivity contribution is 5.97. The summed E-state index contributed by atoms with van der Waals surface area (Å²) >= 11 is 0. The molecule has 0 unspecified atom stereocenters. The molecule has 112 valence electrons. The minimum atomic E-state index is -0.308. The minimum Gasteiger partial charge on any atom is -0.494 e. The SMILES string of the molecule is CCCCOc1ccc(-c2c[nH]cc2C(=O)OCC)cc1. The Labute approximate surface area is 125 Å². The molecule has 0 radical (unpaired) electrons. The Hall–Kier alpha value is -2.23. The largest absolute Gasteiger partial charge is 0.494 e. The summed E-state index contributed by atoms with van der Waals surface area (Å²) in [6.07, 6.45) is 5.63. The van der Waals surface area contributed by atoms with Crippen LogP contribution >= 0.6 is 0 Å². The molecule has 0 bridgehead atoms. The van der Waals surface area contributed by atoms with E-state index in [2.05, 4.69) is 11.9 Å². The van der Waals surface area contributed by atoms with Crippen LogP contribution in [-0.4, -0.2) is 24.2 Å². The molecule has 0 aliphatic carbocycles. The summed E-state index contributed by atoms with van der Waals surface area (Å²) in [5.74, 6) is 0.539. The number of ether oxygens (including phenoxy) is 2. The van der Waals surface area contributed by atoms with Crippen molar-refractivity contribution in [1.82, 2.24) is 4.98 Å². The van der Waals surface area contributed by atoms with Gasteiger partial charge in [-0.2, -0.15) is 0 Å². The standard InChI is InChI=1S/C17H21NO3/c1-3-5-10-21-14-8-6-13(7-9-14)15-11-18-12-16(15)17(19)20-4-2/h6-9,11-12,18H,3-5,10H2,1-2H3. The number of unbranched alkanes of at least 4 members (excludes halogenated alkanes) is 1. The van der Waals surface area contributed by atoms with Crippen molar-refractivity contribution in [3.63, 3.8) is 0 Å². The molecule has 1 N–H and O–H groups in total. The fraction of sp³-hybridized carbons (Fsp3) is 0.353. The van der Waals surface area contributed by atoms with E-state index in [4.69, 9.17) is 9.47 Å². The average Bonchev–Trinajstić information content (AvgIpc) is 2.98. The summed E-state index contributed by atoms with van der Waals surface area (Å²) in [6, 6.07) is 7.75. The van der Waals surface area contributed by atoms with E-state index >= 15 is 0 Å². The Morgan fingerprint density at radius 3 is 2.57 bits per heavy atom. The first kappa shape index (κ1) is 15.2. The van der Waals surface area contributed by atoms with Crippen LogP contribution in [0.4, 0.5) is 0 Å². The van der Waals surface area contributed by atoms with Gasteiger partial charge in [0.25, 0.3) is 0 Å². The quantitative estimate of drug-likeness (QED) is 0.617. The lowest BCUT2D eigenvalue weighted by atomic mass is 10.0. The first-order chi connectivity index (χ1) is 10.3. The van der Waals surface area contributed by atoms with Crippen LogP contribution in [0, 0.1) is 0 Å². The molecule has 1 aromatic carbocycles. The smallest absolute Gasteiger partial charge is 0.340 e. The summed E-state index contributed by atoms with van der Waals surface area (Å²) in [4.78, 5) is 14.8. The van der Waals surface area contributed by atoms with E-state index in [1.807, 2.05) is 24.3 Å². The maximum absolute atomic E-state index is 11.9. The number of H-pyrrole nitrogens is 1. The third-order valence-corrected chi connectivity index (χ3v) is 3.17. The second kappa shape index (κ2) is 7.53. The lowest BCUT2D eigenvalue weighted by Crippen LogP contribution is -2.04. The average molecular weight is 287 g/mol. The number of aromatic nitrogens is 1. The maximum atomic E-state index is 11.9. The van der Waals surface area contributed by atoms with Crippen LogP contribution in [0.15, 0.2) is 36.7 Å². The molecule has 0 saturated heterocycles. The first-order valence-electron chi connectivity index (χ1n) is 7.33. The van der Waals surface area contributed by atoms with Crippen molar-refractivity contribution in [3.8, 4) is 16.9 Å². The number of hydrogen-bond donors (Lipinski definition) is 1. The molecule has 2 rings (SSSR count). The fourth-order valence-corrected chi connectivity index (χ4v) is 2.05. The van der Waals surface area contributed by atoms with Crippen LogP contribution in [0.1, 0.15) is 37.0 Å². The van der Waals surface area contributed by atoms with Gasteiger partial charge in [0.1, 0.15) is 5.75 Å². The molecule has 0 atom stereocenters. The van der Waals surface area contributed by atoms with Crippen molar-refractivity contribution in [2.75, 3.05) is 13.2 Å². The number of carbonyl (C=O) groups is 1. The second-order valence-corrected chi connectivity index (χ2v) is 4.73. The Morgan fingerprint density at radius 2 is 1.90 bits per heavy atom. The van der Waals surface area contributed by atoms with Gasteiger partial charge in [0.15, 0.2) is 0 Å². The molecule has 1 aromatic heterocycles. The lowest BCUT2D eigenvalue weighted by Gasteiger charge is -2.07. The number of aromatic amines is 1. The normalized spacial score (nSPS) is 10.4. The third-order valence-electron chi connectivity index (χ3n) is 3.17. The summed E-state index contributed by atoms with van der Waals surface area (Å²) in [5.41, 5.74) is 2.35. The van der Waals surface area contributed by atoms with Crippen LogP contribution in [0.5, 0.6) is 5.75 Å². The Kier molecular flexibility index (Phi) is 5.43. The number of benzene rings is 1. The molecule has 4 heteroatoms. The second-order valence-electron chi connectivity index (χ2n) is 4.73. The van der Waals surface area contributed by atoms with Gasteiger partial charge in [-0.3, -0.25) is 0 Å². The van der Waals surface area contributed by atoms with E-state index in [9.17, 15) is 4.79 Å². The summed E-state index contributed by atoms with van der Waals surface area (Å²) in [5, 5.41) is 0. The third kappa shape index (κ3) is 3.88. The number of hydrogen-bond acceptors (Lipinski definition) is 3. The Bertz CT molecular complexity index is 572. The van der Waals surface area contributed by atoms with E-state index in [1.165, 1.54) is 0 Å². The molecule has 21 heavy (non-hydrogen) atoms. The molecule has 0 fully saturated rings. The molecule has 0 amide bonds. The Balaban J connectivity index is 2.12. The topological polar surface area (TPSA) is 51.3 Å². The van der Waals surface area contributed by atoms with Crippen molar-refractivity contribution in [2.45, 2.75) is 26.7 Å². The molecule has 0 aliphatic rings. The predicted molar refractivity (Wildman–Crippen MR) is 82.6 cm³/mol. The zero-order valence-electron chi connectivity index (χ0n) is 12.5. The maximum Gasteiger partial charge on any atom is 0.340 e. The highest BCUT2D eigenvalue weighted by Gasteiger charge is 2.14. The van der Waals surface area contributed by atoms with Gasteiger partial charge in [-0.15, -0.1) is 0 Å². The highest BCUT2D eigenvalue weighted by Crippen LogP contribution is 2.26. The lowest BCUT2D eigenvalue weighted by molar-refractivity contribution is 0.0527. The molecule has 1 heterocycles. The van der Waals surface area contributed by atoms with Crippen LogP contribution in [0.2, 0.25) is 0 Å². The zero-order chi connectivity index (χ0) is 15.1. The minimum absolute atomic E-state index is 0.308. The highest BCUT2D eigenvalue weighted by atomic mass is 16.5. The summed E-state index contributed by atoms with van der Waals surface area (Å²) < 4.78 is 10.7. The number of carbonyl (C=O) groups excluding carboxylic acids is 1. The molecular formula is C17H21NO3. The molecule has 0 spiro atoms. The summed E-state index contributed by atoms with van der Waals surface area (Å²) in [6.45, 7) is 5.03. The van der Waals surface area contributed by atoms with Crippen LogP contribution in [-0.2, 0) is 4.74 Å². The van der Waals surface area contributed by atoms with Gasteiger partial charge in [0, 0.05) is 18.0 Å². The van der Waals surface area contributed by atoms with E-state index < -0.39 is 0 Å². The number of nitrogens with one attached hydrogen (secondary N) is 1. The first-order valence-corrected chi connectivity index (χ1v) is 7.33. The molecule has 0 saturated carbocycles. The van der Waals surface area contributed by atoms with Crippen LogP contribution in [0.25, 0.3) is 11.1 Å². The van der Waals surface area contributed by atoms with Gasteiger partial charge in [-0.05, 0) is 31.0 Å². The van der Waals surface area contributed by atoms with Crippen molar-refractivity contribution in [1.29, 1.82) is 0 Å². The van der Waals surface area contributed by atoms with Gasteiger partial charge >= 0.3 is 5.97 Å². The van der Waals surface area contributed by atoms with Gasteiger partial charge in [0.2, 0.25) is 0 Å². The fourth-order valence-electron chi connectivity index (χ4n) is 2.05. The number of rotatable bonds is 7. The Morgan fingerprint density at radius 1 is 1.14 bits per heavy atom. The molecule has 2 aromatic rings. The van der Waals surface area contributed by atoms with Crippen LogP contribution < -0.4 is 4.74 Å². The van der Waals surface area contributed by atoms with E-state index in [-0.39, 0.29) is 5.97 Å². The van der Waals surface area contributed by atoms with E-state index in [0.29, 0.717) is 12.2 Å². The van der Waals surface area contributed by atoms with E-state index in [0.717, 1.165) is 36.3 Å².